The molecular weight excluding hydrogens is 286 g/mol. The van der Waals surface area contributed by atoms with Gasteiger partial charge in [-0.25, -0.2) is 9.78 Å². The maximum Gasteiger partial charge on any atom is 0.354 e. The van der Waals surface area contributed by atoms with Crippen LogP contribution in [0.5, 0.6) is 0 Å². The fourth-order valence-electron chi connectivity index (χ4n) is 1.78. The molecule has 2 aromatic heterocycles. The Morgan fingerprint density at radius 1 is 1.14 bits per heavy atom. The van der Waals surface area contributed by atoms with Crippen molar-refractivity contribution in [3.63, 3.8) is 0 Å². The summed E-state index contributed by atoms with van der Waals surface area (Å²) in [4.78, 5) is 33.4. The van der Waals surface area contributed by atoms with Crippen molar-refractivity contribution in [3.05, 3.63) is 54.2 Å². The maximum absolute atomic E-state index is 11.8. The van der Waals surface area contributed by atoms with Crippen molar-refractivity contribution in [1.29, 1.82) is 0 Å². The van der Waals surface area contributed by atoms with Gasteiger partial charge in [-0.2, -0.15) is 0 Å². The summed E-state index contributed by atoms with van der Waals surface area (Å²) in [7, 11) is 0. The first-order chi connectivity index (χ1) is 10.7. The summed E-state index contributed by atoms with van der Waals surface area (Å²) in [5, 5.41) is 9.93. The van der Waals surface area contributed by atoms with E-state index in [1.54, 1.807) is 42.5 Å². The summed E-state index contributed by atoms with van der Waals surface area (Å²) < 4.78 is 0. The molecule has 8 heteroatoms. The number of fused-ring (bicyclic) bond motifs is 1. The number of aromatic nitrogens is 4. The van der Waals surface area contributed by atoms with Crippen molar-refractivity contribution in [2.75, 3.05) is 6.54 Å². The third-order valence-corrected chi connectivity index (χ3v) is 2.80. The molecule has 0 aliphatic rings. The summed E-state index contributed by atoms with van der Waals surface area (Å²) in [5.41, 5.74) is 1.29. The van der Waals surface area contributed by atoms with Gasteiger partial charge in [0.25, 0.3) is 5.91 Å². The van der Waals surface area contributed by atoms with E-state index < -0.39 is 5.97 Å². The molecule has 0 unspecified atom stereocenters. The van der Waals surface area contributed by atoms with Gasteiger partial charge in [0.05, 0.1) is 0 Å². The van der Waals surface area contributed by atoms with E-state index in [0.29, 0.717) is 16.7 Å². The minimum Gasteiger partial charge on any atom is -0.341 e. The Bertz CT molecular complexity index is 815. The van der Waals surface area contributed by atoms with Gasteiger partial charge < -0.3 is 10.2 Å². The van der Waals surface area contributed by atoms with Crippen molar-refractivity contribution in [3.8, 4) is 0 Å². The number of amides is 1. The first-order valence-electron chi connectivity index (χ1n) is 6.45. The molecule has 2 heterocycles. The van der Waals surface area contributed by atoms with Crippen LogP contribution in [-0.2, 0) is 4.79 Å². The standard InChI is InChI=1S/C14H11N5O3/c20-12(9-16-14(21)10-5-2-1-3-6-10)22-19-13-11(17-18-19)7-4-8-15-13/h1-8H,9H2,(H,16,21). The number of pyridine rings is 1. The SMILES string of the molecule is O=C(CNC(=O)c1ccccc1)On1nnc2cccnc21. The van der Waals surface area contributed by atoms with E-state index in [0.717, 1.165) is 4.85 Å². The molecule has 0 saturated heterocycles. The zero-order chi connectivity index (χ0) is 15.4. The van der Waals surface area contributed by atoms with Crippen LogP contribution in [0, 0.1) is 0 Å². The van der Waals surface area contributed by atoms with Crippen LogP contribution in [-0.4, -0.2) is 38.6 Å². The van der Waals surface area contributed by atoms with Gasteiger partial charge in [-0.1, -0.05) is 18.2 Å². The van der Waals surface area contributed by atoms with E-state index in [1.807, 2.05) is 0 Å². The molecule has 8 nitrogen and oxygen atoms in total. The highest BCUT2D eigenvalue weighted by atomic mass is 16.7. The second-order valence-corrected chi connectivity index (χ2v) is 4.32. The Kier molecular flexibility index (Phi) is 3.73. The van der Waals surface area contributed by atoms with Crippen LogP contribution in [0.4, 0.5) is 0 Å². The summed E-state index contributed by atoms with van der Waals surface area (Å²) in [6.45, 7) is -0.290. The predicted octanol–water partition coefficient (Wildman–Crippen LogP) is 0.211. The van der Waals surface area contributed by atoms with Crippen LogP contribution in [0.15, 0.2) is 48.7 Å². The molecule has 0 aliphatic heterocycles. The molecular formula is C14H11N5O3. The number of hydrogen-bond donors (Lipinski definition) is 1. The molecule has 0 radical (unpaired) electrons. The molecule has 22 heavy (non-hydrogen) atoms. The Morgan fingerprint density at radius 2 is 1.95 bits per heavy atom. The van der Waals surface area contributed by atoms with Crippen molar-refractivity contribution >= 4 is 23.0 Å². The highest BCUT2D eigenvalue weighted by Gasteiger charge is 2.12. The van der Waals surface area contributed by atoms with E-state index in [2.05, 4.69) is 20.6 Å². The molecule has 0 atom stereocenters. The Hall–Kier alpha value is -3.29. The third-order valence-electron chi connectivity index (χ3n) is 2.80. The number of hydrogen-bond acceptors (Lipinski definition) is 6. The summed E-state index contributed by atoms with van der Waals surface area (Å²) in [6, 6.07) is 12.0. The zero-order valence-corrected chi connectivity index (χ0v) is 11.3. The second-order valence-electron chi connectivity index (χ2n) is 4.32. The average molecular weight is 297 g/mol. The van der Waals surface area contributed by atoms with Gasteiger partial charge >= 0.3 is 5.97 Å². The van der Waals surface area contributed by atoms with Crippen LogP contribution < -0.4 is 10.2 Å². The fourth-order valence-corrected chi connectivity index (χ4v) is 1.78. The number of nitrogens with zero attached hydrogens (tertiary/aromatic N) is 4. The highest BCUT2D eigenvalue weighted by Crippen LogP contribution is 2.04. The average Bonchev–Trinajstić information content (AvgIpc) is 2.97. The molecule has 1 aromatic carbocycles. The highest BCUT2D eigenvalue weighted by molar-refractivity contribution is 5.95. The van der Waals surface area contributed by atoms with Gasteiger partial charge in [-0.3, -0.25) is 4.79 Å². The van der Waals surface area contributed by atoms with E-state index >= 15 is 0 Å². The molecule has 3 rings (SSSR count). The van der Waals surface area contributed by atoms with Crippen LogP contribution in [0.2, 0.25) is 0 Å². The maximum atomic E-state index is 11.8. The van der Waals surface area contributed by atoms with Gasteiger partial charge in [-0.05, 0) is 34.3 Å². The lowest BCUT2D eigenvalue weighted by atomic mass is 10.2. The number of carbonyl (C=O) groups is 2. The molecule has 1 N–H and O–H groups in total. The summed E-state index contributed by atoms with van der Waals surface area (Å²) >= 11 is 0. The van der Waals surface area contributed by atoms with E-state index in [4.69, 9.17) is 4.84 Å². The van der Waals surface area contributed by atoms with Crippen molar-refractivity contribution in [2.24, 2.45) is 0 Å². The Morgan fingerprint density at radius 3 is 2.77 bits per heavy atom. The quantitative estimate of drug-likeness (QED) is 0.691. The van der Waals surface area contributed by atoms with Gasteiger partial charge in [0.2, 0.25) is 5.65 Å². The number of benzene rings is 1. The minimum atomic E-state index is -0.679. The molecule has 0 bridgehead atoms. The minimum absolute atomic E-state index is 0.290. The molecule has 0 saturated carbocycles. The molecule has 0 fully saturated rings. The lowest BCUT2D eigenvalue weighted by Gasteiger charge is -2.05. The normalized spacial score (nSPS) is 10.4. The van der Waals surface area contributed by atoms with Crippen molar-refractivity contribution < 1.29 is 14.4 Å². The largest absolute Gasteiger partial charge is 0.354 e. The van der Waals surface area contributed by atoms with E-state index in [1.165, 1.54) is 6.20 Å². The van der Waals surface area contributed by atoms with E-state index in [9.17, 15) is 9.59 Å². The lowest BCUT2D eigenvalue weighted by molar-refractivity contribution is -0.144. The van der Waals surface area contributed by atoms with Crippen LogP contribution in [0.25, 0.3) is 11.2 Å². The second kappa shape index (κ2) is 6.00. The number of carbonyl (C=O) groups excluding carboxylic acids is 2. The van der Waals surface area contributed by atoms with Crippen LogP contribution >= 0.6 is 0 Å². The third kappa shape index (κ3) is 2.90. The number of rotatable bonds is 4. The molecule has 0 aliphatic carbocycles. The van der Waals surface area contributed by atoms with Crippen LogP contribution in [0.1, 0.15) is 10.4 Å². The van der Waals surface area contributed by atoms with Crippen molar-refractivity contribution in [1.82, 2.24) is 25.5 Å². The first-order valence-corrected chi connectivity index (χ1v) is 6.45. The monoisotopic (exact) mass is 297 g/mol. The smallest absolute Gasteiger partial charge is 0.341 e. The predicted molar refractivity (Wildman–Crippen MR) is 75.7 cm³/mol. The Balaban J connectivity index is 1.60. The van der Waals surface area contributed by atoms with Gasteiger partial charge in [0, 0.05) is 11.8 Å². The fraction of sp³-hybridized carbons (Fsp3) is 0.0714. The Labute approximate surface area is 124 Å². The molecule has 110 valence electrons. The van der Waals surface area contributed by atoms with Gasteiger partial charge in [-0.15, -0.1) is 5.10 Å². The zero-order valence-electron chi connectivity index (χ0n) is 11.3. The molecule has 3 aromatic rings. The van der Waals surface area contributed by atoms with Crippen molar-refractivity contribution in [2.45, 2.75) is 0 Å². The topological polar surface area (TPSA) is 99.0 Å². The van der Waals surface area contributed by atoms with Gasteiger partial charge in [0.15, 0.2) is 0 Å². The molecule has 0 spiro atoms. The summed E-state index contributed by atoms with van der Waals surface area (Å²) in [6.07, 6.45) is 1.53. The van der Waals surface area contributed by atoms with E-state index in [-0.39, 0.29) is 12.5 Å². The first kappa shape index (κ1) is 13.7. The van der Waals surface area contributed by atoms with Crippen LogP contribution in [0.3, 0.4) is 0 Å². The summed E-state index contributed by atoms with van der Waals surface area (Å²) in [5.74, 6) is -1.04. The van der Waals surface area contributed by atoms with Gasteiger partial charge in [0.1, 0.15) is 12.1 Å². The lowest BCUT2D eigenvalue weighted by Crippen LogP contribution is -2.35. The number of nitrogens with one attached hydrogen (secondary N) is 1. The molecule has 1 amide bonds.